The molecule has 0 fully saturated rings. The predicted molar refractivity (Wildman–Crippen MR) is 36.5 cm³/mol. The molecular weight excluding hydrogens is 212 g/mol. The van der Waals surface area contributed by atoms with E-state index >= 15 is 0 Å². The van der Waals surface area contributed by atoms with Crippen LogP contribution >= 0.6 is 0 Å². The molecule has 0 aromatic carbocycles. The van der Waals surface area contributed by atoms with Crippen molar-refractivity contribution in [1.29, 1.82) is 0 Å². The Kier molecular flexibility index (Phi) is 20.7. The van der Waals surface area contributed by atoms with Crippen LogP contribution in [0.4, 0.5) is 0 Å². The maximum absolute atomic E-state index is 8.52. The van der Waals surface area contributed by atoms with Gasteiger partial charge in [-0.25, -0.2) is 0 Å². The van der Waals surface area contributed by atoms with Crippen molar-refractivity contribution in [2.45, 2.75) is 0 Å². The van der Waals surface area contributed by atoms with Gasteiger partial charge in [0.25, 0.3) is 0 Å². The van der Waals surface area contributed by atoms with E-state index in [1.807, 2.05) is 0 Å². The number of rotatable bonds is 0. The van der Waals surface area contributed by atoms with Crippen LogP contribution in [-0.2, 0) is 10.4 Å². The average molecular weight is 215 g/mol. The molecule has 11 heavy (non-hydrogen) atoms. The largest absolute Gasteiger partial charge is 3.00 e. The second-order valence-electron chi connectivity index (χ2n) is 0.632. The van der Waals surface area contributed by atoms with Crippen molar-refractivity contribution in [1.82, 2.24) is 0 Å². The van der Waals surface area contributed by atoms with E-state index < -0.39 is 15.5 Å². The first kappa shape index (κ1) is 22.5. The number of hydrogen-bond acceptors (Lipinski definition) is 7. The van der Waals surface area contributed by atoms with Crippen molar-refractivity contribution in [3.63, 3.8) is 0 Å². The molecular formula is H3Al2NO7S. The molecule has 8 nitrogen and oxygen atoms in total. The molecule has 0 spiro atoms. The summed E-state index contributed by atoms with van der Waals surface area (Å²) < 4.78 is 34.1. The van der Waals surface area contributed by atoms with E-state index in [1.54, 1.807) is 0 Å². The van der Waals surface area contributed by atoms with Gasteiger partial charge in [0, 0.05) is 10.4 Å². The SMILES string of the molecule is O=S(=O)([O-])[O-].O=[N+]([O-])[O-].[Al+3].[AlH3]. The Labute approximate surface area is 83.2 Å². The minimum absolute atomic E-state index is 0. The molecule has 0 aliphatic heterocycles. The zero-order valence-corrected chi connectivity index (χ0v) is 6.26. The molecule has 0 N–H and O–H groups in total. The summed E-state index contributed by atoms with van der Waals surface area (Å²) in [6.45, 7) is 0. The van der Waals surface area contributed by atoms with Crippen LogP contribution < -0.4 is 0 Å². The van der Waals surface area contributed by atoms with Crippen molar-refractivity contribution >= 4 is 45.1 Å². The van der Waals surface area contributed by atoms with Gasteiger partial charge in [-0.2, -0.15) is 0 Å². The van der Waals surface area contributed by atoms with Gasteiger partial charge >= 0.3 is 17.4 Å². The zero-order chi connectivity index (χ0) is 8.08. The Hall–Kier alpha value is 0.135. The summed E-state index contributed by atoms with van der Waals surface area (Å²) in [4.78, 5) is 8.25. The molecule has 0 amide bonds. The quantitative estimate of drug-likeness (QED) is 0.136. The topological polar surface area (TPSA) is 146 Å². The summed E-state index contributed by atoms with van der Waals surface area (Å²) in [5.41, 5.74) is 0. The fourth-order valence-corrected chi connectivity index (χ4v) is 0. The number of hydrogen-bond donors (Lipinski definition) is 0. The van der Waals surface area contributed by atoms with Gasteiger partial charge in [-0.05, 0) is 0 Å². The van der Waals surface area contributed by atoms with Crippen molar-refractivity contribution < 1.29 is 22.6 Å². The van der Waals surface area contributed by atoms with Crippen LogP contribution in [0.25, 0.3) is 0 Å². The Morgan fingerprint density at radius 2 is 1.09 bits per heavy atom. The third-order valence-corrected chi connectivity index (χ3v) is 0. The third-order valence-electron chi connectivity index (χ3n) is 0. The summed E-state index contributed by atoms with van der Waals surface area (Å²) in [6.07, 6.45) is 0. The van der Waals surface area contributed by atoms with Crippen molar-refractivity contribution in [3.05, 3.63) is 15.3 Å². The first-order chi connectivity index (χ1) is 3.73. The van der Waals surface area contributed by atoms with Crippen LogP contribution in [0, 0.1) is 15.3 Å². The summed E-state index contributed by atoms with van der Waals surface area (Å²) in [7, 11) is -5.17. The minimum Gasteiger partial charge on any atom is -0.759 e. The molecule has 0 radical (unpaired) electrons. The predicted octanol–water partition coefficient (Wildman–Crippen LogP) is -3.14. The maximum Gasteiger partial charge on any atom is 3.00 e. The summed E-state index contributed by atoms with van der Waals surface area (Å²) in [5.74, 6) is 0. The first-order valence-corrected chi connectivity index (χ1v) is 2.55. The van der Waals surface area contributed by atoms with E-state index in [2.05, 4.69) is 0 Å². The van der Waals surface area contributed by atoms with Crippen molar-refractivity contribution in [3.8, 4) is 0 Å². The average Bonchev–Trinajstić information content (AvgIpc) is 1.19. The van der Waals surface area contributed by atoms with Gasteiger partial charge in [-0.1, -0.05) is 0 Å². The second kappa shape index (κ2) is 10.1. The normalized spacial score (nSPS) is 7.45. The van der Waals surface area contributed by atoms with E-state index in [1.165, 1.54) is 0 Å². The van der Waals surface area contributed by atoms with E-state index in [0.29, 0.717) is 0 Å². The Morgan fingerprint density at radius 3 is 1.09 bits per heavy atom. The Balaban J connectivity index is -0.0000000383. The van der Waals surface area contributed by atoms with Gasteiger partial charge in [-0.3, -0.25) is 8.42 Å². The third kappa shape index (κ3) is 36800. The van der Waals surface area contributed by atoms with Crippen LogP contribution in [0.15, 0.2) is 0 Å². The molecule has 0 aliphatic rings. The van der Waals surface area contributed by atoms with Crippen LogP contribution in [0.5, 0.6) is 0 Å². The van der Waals surface area contributed by atoms with Crippen LogP contribution in [0.3, 0.4) is 0 Å². The molecule has 11 heteroatoms. The van der Waals surface area contributed by atoms with E-state index in [-0.39, 0.29) is 34.7 Å². The van der Waals surface area contributed by atoms with Crippen molar-refractivity contribution in [2.24, 2.45) is 0 Å². The molecule has 0 atom stereocenters. The fraction of sp³-hybridized carbons (Fsp3) is 0. The van der Waals surface area contributed by atoms with Gasteiger partial charge < -0.3 is 24.4 Å². The molecule has 0 heterocycles. The molecule has 0 saturated heterocycles. The van der Waals surface area contributed by atoms with E-state index in [4.69, 9.17) is 32.8 Å². The molecule has 0 aliphatic carbocycles. The van der Waals surface area contributed by atoms with Gasteiger partial charge in [0.2, 0.25) is 0 Å². The Bertz CT molecular complexity index is 159. The van der Waals surface area contributed by atoms with Crippen molar-refractivity contribution in [2.75, 3.05) is 0 Å². The van der Waals surface area contributed by atoms with Crippen LogP contribution in [-0.4, -0.2) is 57.3 Å². The molecule has 62 valence electrons. The van der Waals surface area contributed by atoms with Gasteiger partial charge in [-0.15, -0.1) is 0 Å². The summed E-state index contributed by atoms with van der Waals surface area (Å²) in [5, 5.41) is 14.8. The maximum atomic E-state index is 8.52. The van der Waals surface area contributed by atoms with Crippen LogP contribution in [0.2, 0.25) is 0 Å². The summed E-state index contributed by atoms with van der Waals surface area (Å²) in [6, 6.07) is 0. The number of nitrogens with zero attached hydrogens (tertiary/aromatic N) is 1. The smallest absolute Gasteiger partial charge is 0.759 e. The molecule has 0 saturated carbocycles. The second-order valence-corrected chi connectivity index (χ2v) is 1.45. The molecule has 0 unspecified atom stereocenters. The zero-order valence-electron chi connectivity index (χ0n) is 4.29. The standard InChI is InChI=1S/2Al.NO3.H2O4S.3H/c;;2-1(3)4;1-5(2,3)4;;;/h;;;(H2,1,2,3,4);;;/q;+3;-1;;;;/p-2. The van der Waals surface area contributed by atoms with Crippen LogP contribution in [0.1, 0.15) is 0 Å². The van der Waals surface area contributed by atoms with Gasteiger partial charge in [0.1, 0.15) is 0 Å². The first-order valence-electron chi connectivity index (χ1n) is 1.21. The molecule has 0 rings (SSSR count). The molecule has 0 aromatic heterocycles. The fourth-order valence-electron chi connectivity index (χ4n) is 0. The molecule has 0 aromatic rings. The Morgan fingerprint density at radius 1 is 1.09 bits per heavy atom. The molecule has 0 bridgehead atoms. The van der Waals surface area contributed by atoms with E-state index in [9.17, 15) is 0 Å². The van der Waals surface area contributed by atoms with E-state index in [0.717, 1.165) is 0 Å². The summed E-state index contributed by atoms with van der Waals surface area (Å²) >= 11 is 0. The minimum atomic E-state index is -5.17. The monoisotopic (exact) mass is 215 g/mol. The van der Waals surface area contributed by atoms with Gasteiger partial charge in [0.15, 0.2) is 17.4 Å². The van der Waals surface area contributed by atoms with Gasteiger partial charge in [0.05, 0.1) is 5.09 Å².